The Kier molecular flexibility index (Phi) is 7.84. The van der Waals surface area contributed by atoms with Crippen LogP contribution in [0.5, 0.6) is 0 Å². The van der Waals surface area contributed by atoms with E-state index in [0.29, 0.717) is 5.56 Å². The number of carbonyl (C=O) groups is 3. The van der Waals surface area contributed by atoms with Crippen LogP contribution in [0, 0.1) is 30.6 Å². The Morgan fingerprint density at radius 1 is 1.11 bits per heavy atom. The number of hydrogen-bond donors (Lipinski definition) is 2. The molecule has 201 valence electrons. The highest BCUT2D eigenvalue weighted by atomic mass is 19.4. The van der Waals surface area contributed by atoms with E-state index in [4.69, 9.17) is 5.73 Å². The molecule has 3 N–H and O–H groups in total. The molecule has 3 atom stereocenters. The molecular weight excluding hydrogens is 504 g/mol. The van der Waals surface area contributed by atoms with Gasteiger partial charge in [0.1, 0.15) is 5.82 Å². The first-order chi connectivity index (χ1) is 18.0. The van der Waals surface area contributed by atoms with Crippen molar-refractivity contribution in [2.24, 2.45) is 28.5 Å². The van der Waals surface area contributed by atoms with Crippen molar-refractivity contribution in [3.63, 3.8) is 0 Å². The van der Waals surface area contributed by atoms with E-state index in [0.717, 1.165) is 23.8 Å². The van der Waals surface area contributed by atoms with Gasteiger partial charge in [0.2, 0.25) is 18.0 Å². The Morgan fingerprint density at radius 2 is 1.79 bits per heavy atom. The highest BCUT2D eigenvalue weighted by molar-refractivity contribution is 6.20. The predicted molar refractivity (Wildman–Crippen MR) is 132 cm³/mol. The quantitative estimate of drug-likeness (QED) is 0.476. The van der Waals surface area contributed by atoms with Gasteiger partial charge in [0.15, 0.2) is 0 Å². The summed E-state index contributed by atoms with van der Waals surface area (Å²) < 4.78 is 54.2. The number of amides is 3. The molecule has 11 heteroatoms. The molecule has 1 fully saturated rings. The van der Waals surface area contributed by atoms with Gasteiger partial charge in [0.25, 0.3) is 5.91 Å². The molecule has 7 nitrogen and oxygen atoms in total. The normalized spacial score (nSPS) is 19.2. The molecule has 2 aromatic rings. The maximum atomic E-state index is 14.9. The van der Waals surface area contributed by atoms with Crippen molar-refractivity contribution >= 4 is 29.1 Å². The van der Waals surface area contributed by atoms with Crippen molar-refractivity contribution in [1.29, 1.82) is 0 Å². The molecule has 1 aliphatic heterocycles. The Balaban J connectivity index is 1.71. The number of benzodiazepines with no additional fused rings is 1. The number of primary amides is 1. The average molecular weight is 532 g/mol. The van der Waals surface area contributed by atoms with Crippen LogP contribution in [0.1, 0.15) is 43.2 Å². The number of benzene rings is 2. The molecule has 2 aromatic carbocycles. The number of hydrogen-bond acceptors (Lipinski definition) is 4. The van der Waals surface area contributed by atoms with Gasteiger partial charge in [-0.05, 0) is 24.8 Å². The standard InChI is InChI=1S/C27H27F4N4O3/c1-35-22-18(8-5-9-20(22)28)21(16-6-3-2-4-7-16)33-24(26(35)38)34-25(37)17(12-13-27(29,30)31)19(23(32)36)14-15-10-11-15/h2-9,15,17,19,24H,1,10-14H2,(H2,32,36)(H,34,37)/t17-,19?,24-/m1/s1. The summed E-state index contributed by atoms with van der Waals surface area (Å²) in [6, 6.07) is 12.7. The van der Waals surface area contributed by atoms with E-state index in [2.05, 4.69) is 17.4 Å². The minimum absolute atomic E-state index is 0.101. The lowest BCUT2D eigenvalue weighted by molar-refractivity contribution is -0.146. The number of fused-ring (bicyclic) bond motifs is 1. The van der Waals surface area contributed by atoms with Gasteiger partial charge in [-0.1, -0.05) is 55.3 Å². The second kappa shape index (κ2) is 10.9. The lowest BCUT2D eigenvalue weighted by Crippen LogP contribution is -2.49. The minimum atomic E-state index is -4.57. The largest absolute Gasteiger partial charge is 0.389 e. The van der Waals surface area contributed by atoms with Gasteiger partial charge in [-0.2, -0.15) is 13.2 Å². The predicted octanol–water partition coefficient (Wildman–Crippen LogP) is 4.10. The average Bonchev–Trinajstić information content (AvgIpc) is 3.69. The molecule has 0 saturated heterocycles. The topological polar surface area (TPSA) is 105 Å². The van der Waals surface area contributed by atoms with Crippen LogP contribution in [0.15, 0.2) is 53.5 Å². The van der Waals surface area contributed by atoms with E-state index in [1.165, 1.54) is 6.07 Å². The van der Waals surface area contributed by atoms with Gasteiger partial charge in [-0.25, -0.2) is 9.38 Å². The number of aliphatic imine (C=N–C) groups is 1. The third-order valence-electron chi connectivity index (χ3n) is 6.81. The summed E-state index contributed by atoms with van der Waals surface area (Å²) in [6.45, 7) is 0. The van der Waals surface area contributed by atoms with Gasteiger partial charge in [0.05, 0.1) is 11.4 Å². The van der Waals surface area contributed by atoms with Crippen molar-refractivity contribution in [2.75, 3.05) is 4.90 Å². The summed E-state index contributed by atoms with van der Waals surface area (Å²) >= 11 is 0. The molecule has 2 aliphatic rings. The van der Waals surface area contributed by atoms with Gasteiger partial charge < -0.3 is 16.0 Å². The summed E-state index contributed by atoms with van der Waals surface area (Å²) in [6.07, 6.45) is -6.43. The van der Waals surface area contributed by atoms with E-state index in [-0.39, 0.29) is 29.3 Å². The summed E-state index contributed by atoms with van der Waals surface area (Å²) in [5.41, 5.74) is 6.30. The SMILES string of the molecule is [CH2]N1C(=O)[C@@H](NC(=O)[C@H](CCC(F)(F)F)C(CC2CC2)C(N)=O)N=C(c2ccccc2)c2cccc(F)c21. The number of alkyl halides is 3. The second-order valence-corrected chi connectivity index (χ2v) is 9.61. The van der Waals surface area contributed by atoms with Crippen molar-refractivity contribution in [2.45, 2.75) is 44.4 Å². The van der Waals surface area contributed by atoms with Crippen molar-refractivity contribution in [1.82, 2.24) is 5.32 Å². The van der Waals surface area contributed by atoms with Crippen LogP contribution in [0.25, 0.3) is 0 Å². The number of anilines is 1. The fourth-order valence-corrected chi connectivity index (χ4v) is 4.68. The second-order valence-electron chi connectivity index (χ2n) is 9.61. The number of nitrogens with one attached hydrogen (secondary N) is 1. The number of rotatable bonds is 9. The van der Waals surface area contributed by atoms with E-state index >= 15 is 0 Å². The Labute approximate surface area is 217 Å². The van der Waals surface area contributed by atoms with E-state index in [1.807, 2.05) is 0 Å². The molecule has 4 rings (SSSR count). The Hall–Kier alpha value is -3.76. The van der Waals surface area contributed by atoms with Crippen LogP contribution in [-0.4, -0.2) is 35.8 Å². The fourth-order valence-electron chi connectivity index (χ4n) is 4.68. The molecule has 3 amide bonds. The molecular formula is C27H27F4N4O3. The van der Waals surface area contributed by atoms with Crippen LogP contribution in [0.2, 0.25) is 0 Å². The fraction of sp³-hybridized carbons (Fsp3) is 0.370. The van der Waals surface area contributed by atoms with Crippen LogP contribution in [-0.2, 0) is 14.4 Å². The maximum absolute atomic E-state index is 14.9. The van der Waals surface area contributed by atoms with E-state index in [1.54, 1.807) is 36.4 Å². The Bertz CT molecular complexity index is 1240. The lowest BCUT2D eigenvalue weighted by atomic mass is 9.83. The van der Waals surface area contributed by atoms with Gasteiger partial charge >= 0.3 is 6.18 Å². The summed E-state index contributed by atoms with van der Waals surface area (Å²) in [7, 11) is 3.65. The molecule has 0 spiro atoms. The van der Waals surface area contributed by atoms with Crippen LogP contribution in [0.4, 0.5) is 23.2 Å². The molecule has 1 aliphatic carbocycles. The number of nitrogens with two attached hydrogens (primary N) is 1. The highest BCUT2D eigenvalue weighted by Gasteiger charge is 2.41. The third kappa shape index (κ3) is 6.20. The smallest absolute Gasteiger partial charge is 0.369 e. The Morgan fingerprint density at radius 3 is 2.39 bits per heavy atom. The molecule has 38 heavy (non-hydrogen) atoms. The van der Waals surface area contributed by atoms with Gasteiger partial charge in [0, 0.05) is 36.4 Å². The first kappa shape index (κ1) is 27.3. The minimum Gasteiger partial charge on any atom is -0.369 e. The molecule has 1 unspecified atom stereocenters. The first-order valence-electron chi connectivity index (χ1n) is 12.2. The highest BCUT2D eigenvalue weighted by Crippen LogP contribution is 2.39. The zero-order valence-electron chi connectivity index (χ0n) is 20.4. The molecule has 1 saturated carbocycles. The van der Waals surface area contributed by atoms with Crippen LogP contribution >= 0.6 is 0 Å². The summed E-state index contributed by atoms with van der Waals surface area (Å²) in [5.74, 6) is -5.97. The van der Waals surface area contributed by atoms with Crippen molar-refractivity contribution < 1.29 is 31.9 Å². The monoisotopic (exact) mass is 531 g/mol. The van der Waals surface area contributed by atoms with Crippen molar-refractivity contribution in [3.05, 3.63) is 72.5 Å². The number of para-hydroxylation sites is 1. The molecule has 0 aromatic heterocycles. The van der Waals surface area contributed by atoms with Gasteiger partial charge in [-0.3, -0.25) is 14.4 Å². The third-order valence-corrected chi connectivity index (χ3v) is 6.81. The number of carbonyl (C=O) groups excluding carboxylic acids is 3. The zero-order valence-corrected chi connectivity index (χ0v) is 20.4. The lowest BCUT2D eigenvalue weighted by Gasteiger charge is -2.27. The number of nitrogens with zero attached hydrogens (tertiary/aromatic N) is 2. The van der Waals surface area contributed by atoms with Crippen molar-refractivity contribution in [3.8, 4) is 0 Å². The zero-order chi connectivity index (χ0) is 27.6. The molecule has 1 heterocycles. The van der Waals surface area contributed by atoms with Gasteiger partial charge in [-0.15, -0.1) is 0 Å². The van der Waals surface area contributed by atoms with Crippen LogP contribution in [0.3, 0.4) is 0 Å². The number of halogens is 4. The molecule has 0 bridgehead atoms. The van der Waals surface area contributed by atoms with E-state index < -0.39 is 60.6 Å². The van der Waals surface area contributed by atoms with E-state index in [9.17, 15) is 31.9 Å². The maximum Gasteiger partial charge on any atom is 0.389 e. The summed E-state index contributed by atoms with van der Waals surface area (Å²) in [4.78, 5) is 44.1. The van der Waals surface area contributed by atoms with Crippen LogP contribution < -0.4 is 16.0 Å². The molecule has 1 radical (unpaired) electrons. The first-order valence-corrected chi connectivity index (χ1v) is 12.2. The summed E-state index contributed by atoms with van der Waals surface area (Å²) in [5, 5.41) is 2.40.